The minimum absolute atomic E-state index is 0.0154. The number of rotatable bonds is 8. The molecule has 4 heterocycles. The van der Waals surface area contributed by atoms with Gasteiger partial charge in [-0.05, 0) is 88.4 Å². The Kier molecular flexibility index (Phi) is 10.9. The van der Waals surface area contributed by atoms with Crippen LogP contribution in [0.2, 0.25) is 0 Å². The Morgan fingerprint density at radius 2 is 1.88 bits per heavy atom. The molecule has 56 heavy (non-hydrogen) atoms. The highest BCUT2D eigenvalue weighted by Crippen LogP contribution is 2.48. The first-order chi connectivity index (χ1) is 26.7. The molecule has 4 fully saturated rings. The Morgan fingerprint density at radius 3 is 2.59 bits per heavy atom. The molecule has 17 nitrogen and oxygen atoms in total. The van der Waals surface area contributed by atoms with Crippen LogP contribution in [0.3, 0.4) is 0 Å². The summed E-state index contributed by atoms with van der Waals surface area (Å²) in [5.41, 5.74) is -1.95. The number of hydrogen-bond acceptors (Lipinski definition) is 13. The van der Waals surface area contributed by atoms with E-state index in [2.05, 4.69) is 20.3 Å². The van der Waals surface area contributed by atoms with Crippen molar-refractivity contribution in [1.82, 2.24) is 30.2 Å². The second kappa shape index (κ2) is 15.5. The molecule has 3 aromatic rings. The number of amides is 4. The zero-order valence-corrected chi connectivity index (χ0v) is 32.7. The van der Waals surface area contributed by atoms with Gasteiger partial charge >= 0.3 is 6.09 Å². The smallest absolute Gasteiger partial charge is 0.408 e. The molecule has 1 unspecified atom stereocenters. The van der Waals surface area contributed by atoms with Crippen molar-refractivity contribution in [2.75, 3.05) is 26.9 Å². The van der Waals surface area contributed by atoms with Crippen molar-refractivity contribution in [3.05, 3.63) is 36.7 Å². The molecule has 0 bridgehead atoms. The van der Waals surface area contributed by atoms with Crippen LogP contribution in [0.5, 0.6) is 11.6 Å². The molecular formula is C38H48N6O11S. The van der Waals surface area contributed by atoms with Crippen LogP contribution in [0, 0.1) is 5.92 Å². The van der Waals surface area contributed by atoms with Crippen molar-refractivity contribution in [2.24, 2.45) is 5.92 Å². The molecule has 4 aliphatic rings. The summed E-state index contributed by atoms with van der Waals surface area (Å²) in [6.45, 7) is 5.52. The molecule has 2 aliphatic heterocycles. The third kappa shape index (κ3) is 8.70. The third-order valence-electron chi connectivity index (χ3n) is 10.5. The van der Waals surface area contributed by atoms with Crippen molar-refractivity contribution >= 4 is 44.6 Å². The lowest BCUT2D eigenvalue weighted by molar-refractivity contribution is -0.141. The van der Waals surface area contributed by atoms with E-state index in [9.17, 15) is 27.6 Å². The van der Waals surface area contributed by atoms with Crippen molar-refractivity contribution in [1.29, 1.82) is 0 Å². The summed E-state index contributed by atoms with van der Waals surface area (Å²) in [6, 6.07) is 4.81. The molecule has 2 aliphatic carbocycles. The zero-order chi connectivity index (χ0) is 39.8. The Hall–Kier alpha value is -4.97. The summed E-state index contributed by atoms with van der Waals surface area (Å²) in [5.74, 6) is -1.31. The Labute approximate surface area is 324 Å². The first-order valence-corrected chi connectivity index (χ1v) is 20.5. The van der Waals surface area contributed by atoms with Crippen LogP contribution in [0.25, 0.3) is 22.4 Å². The normalized spacial score (nSPS) is 26.2. The molecule has 302 valence electrons. The maximum Gasteiger partial charge on any atom is 0.408 e. The van der Waals surface area contributed by atoms with Gasteiger partial charge in [-0.3, -0.25) is 19.1 Å². The van der Waals surface area contributed by atoms with E-state index in [1.54, 1.807) is 52.1 Å². The monoisotopic (exact) mass is 796 g/mol. The lowest BCUT2D eigenvalue weighted by Crippen LogP contribution is -2.58. The summed E-state index contributed by atoms with van der Waals surface area (Å²) >= 11 is 0. The van der Waals surface area contributed by atoms with Crippen molar-refractivity contribution in [3.8, 4) is 23.2 Å². The van der Waals surface area contributed by atoms with Crippen LogP contribution in [0.4, 0.5) is 4.79 Å². The van der Waals surface area contributed by atoms with Gasteiger partial charge in [0, 0.05) is 31.4 Å². The van der Waals surface area contributed by atoms with Gasteiger partial charge in [0.05, 0.1) is 25.1 Å². The molecule has 7 rings (SSSR count). The third-order valence-corrected chi connectivity index (χ3v) is 12.3. The van der Waals surface area contributed by atoms with E-state index in [-0.39, 0.29) is 50.1 Å². The molecule has 0 spiro atoms. The van der Waals surface area contributed by atoms with Crippen LogP contribution < -0.4 is 24.8 Å². The molecule has 0 radical (unpaired) electrons. The van der Waals surface area contributed by atoms with Gasteiger partial charge in [-0.15, -0.1) is 0 Å². The van der Waals surface area contributed by atoms with Crippen LogP contribution in [-0.4, -0.2) is 109 Å². The van der Waals surface area contributed by atoms with Crippen molar-refractivity contribution < 1.29 is 51.0 Å². The predicted octanol–water partition coefficient (Wildman–Crippen LogP) is 3.21. The molecule has 4 amide bonds. The number of pyridine rings is 1. The average Bonchev–Trinajstić information content (AvgIpc) is 4.00. The molecule has 18 heteroatoms. The van der Waals surface area contributed by atoms with Gasteiger partial charge in [-0.1, -0.05) is 6.42 Å². The van der Waals surface area contributed by atoms with Crippen LogP contribution in [0.1, 0.15) is 72.1 Å². The van der Waals surface area contributed by atoms with Gasteiger partial charge in [0.1, 0.15) is 47.0 Å². The lowest BCUT2D eigenvalue weighted by atomic mass is 10.1. The maximum atomic E-state index is 14.5. The molecule has 5 atom stereocenters. The first kappa shape index (κ1) is 39.3. The number of alkyl carbamates (subject to hydrolysis) is 1. The van der Waals surface area contributed by atoms with Crippen LogP contribution in [0.15, 0.2) is 41.1 Å². The molecule has 3 N–H and O–H groups in total. The van der Waals surface area contributed by atoms with E-state index in [1.165, 1.54) is 17.4 Å². The molecule has 1 aromatic carbocycles. The number of ether oxygens (including phenoxy) is 4. The number of carbonyl (C=O) groups is 4. The predicted molar refractivity (Wildman–Crippen MR) is 200 cm³/mol. The summed E-state index contributed by atoms with van der Waals surface area (Å²) in [4.78, 5) is 66.1. The molecule has 2 aromatic heterocycles. The lowest BCUT2D eigenvalue weighted by Gasteiger charge is -2.30. The number of benzene rings is 1. The van der Waals surface area contributed by atoms with Crippen molar-refractivity contribution in [2.45, 2.75) is 107 Å². The topological polar surface area (TPSA) is 218 Å². The largest absolute Gasteiger partial charge is 0.497 e. The molecule has 2 saturated heterocycles. The Balaban J connectivity index is 1.22. The summed E-state index contributed by atoms with van der Waals surface area (Å²) in [6.07, 6.45) is 4.39. The summed E-state index contributed by atoms with van der Waals surface area (Å²) < 4.78 is 56.8. The molecular weight excluding hydrogens is 749 g/mol. The van der Waals surface area contributed by atoms with Gasteiger partial charge in [-0.2, -0.15) is 0 Å². The number of hydrogen-bond donors (Lipinski definition) is 3. The van der Waals surface area contributed by atoms with E-state index < -0.39 is 68.4 Å². The summed E-state index contributed by atoms with van der Waals surface area (Å²) in [5, 5.41) is 6.26. The van der Waals surface area contributed by atoms with Gasteiger partial charge < -0.3 is 38.9 Å². The van der Waals surface area contributed by atoms with Crippen molar-refractivity contribution in [3.63, 3.8) is 0 Å². The fourth-order valence-corrected chi connectivity index (χ4v) is 8.73. The number of fused-ring (bicyclic) bond motifs is 3. The molecule has 2 saturated carbocycles. The summed E-state index contributed by atoms with van der Waals surface area (Å²) in [7, 11) is -2.36. The fraction of sp³-hybridized carbons (Fsp3) is 0.579. The van der Waals surface area contributed by atoms with Crippen LogP contribution in [-0.2, 0) is 33.9 Å². The average molecular weight is 797 g/mol. The number of nitrogens with one attached hydrogen (secondary N) is 3. The van der Waals surface area contributed by atoms with Gasteiger partial charge in [0.15, 0.2) is 0 Å². The number of aromatic nitrogens is 2. The SMILES string of the molecule is COc1ccc2c(OC3C[C@H]4C(=O)N[C@]5(C(=O)NS(=O)(=O)C6CC6)C[C@H]5CCCCOCC[C@H](NC(=O)OC(C)(C)C)C(=O)N4C3)nc(-c3ncco3)cc2c1. The van der Waals surface area contributed by atoms with E-state index in [1.807, 2.05) is 0 Å². The number of carbonyl (C=O) groups excluding carboxylic acids is 4. The Morgan fingerprint density at radius 1 is 1.07 bits per heavy atom. The number of nitrogens with zero attached hydrogens (tertiary/aromatic N) is 3. The highest BCUT2D eigenvalue weighted by molar-refractivity contribution is 7.91. The quantitative estimate of drug-likeness (QED) is 0.299. The minimum Gasteiger partial charge on any atom is -0.497 e. The fourth-order valence-electron chi connectivity index (χ4n) is 7.37. The number of methoxy groups -OCH3 is 1. The minimum atomic E-state index is -3.91. The highest BCUT2D eigenvalue weighted by Gasteiger charge is 2.62. The van der Waals surface area contributed by atoms with Gasteiger partial charge in [0.2, 0.25) is 33.6 Å². The maximum absolute atomic E-state index is 14.5. The van der Waals surface area contributed by atoms with Gasteiger partial charge in [-0.25, -0.2) is 23.2 Å². The van der Waals surface area contributed by atoms with Gasteiger partial charge in [0.25, 0.3) is 5.91 Å². The Bertz CT molecular complexity index is 2080. The highest BCUT2D eigenvalue weighted by atomic mass is 32.2. The zero-order valence-electron chi connectivity index (χ0n) is 31.9. The van der Waals surface area contributed by atoms with E-state index in [0.717, 1.165) is 0 Å². The first-order valence-electron chi connectivity index (χ1n) is 19.0. The second-order valence-corrected chi connectivity index (χ2v) is 17.8. The number of sulfonamides is 1. The van der Waals surface area contributed by atoms with E-state index in [0.29, 0.717) is 60.9 Å². The van der Waals surface area contributed by atoms with Crippen LogP contribution >= 0.6 is 0 Å². The van der Waals surface area contributed by atoms with E-state index in [4.69, 9.17) is 28.3 Å². The standard InChI is InChI=1S/C38H48N6O11S/c1-37(2,3)55-36(48)41-28-12-15-52-14-6-5-7-23-20-38(23,35(47)43-56(49,50)26-9-10-26)42-31(45)30-19-25(21-44(30)34(28)46)54-32-27-11-8-24(51-4)17-22(27)18-29(40-32)33-39-13-16-53-33/h8,11,13,16-18,23,25-26,28,30H,5-7,9-10,12,14-15,19-21H2,1-4H3,(H,41,48)(H,42,45)(H,43,47)/t23-,25?,28+,30+,38-/m1/s1. The van der Waals surface area contributed by atoms with E-state index >= 15 is 0 Å². The second-order valence-electron chi connectivity index (χ2n) is 15.9. The number of oxazole rings is 1.